The maximum Gasteiger partial charge on any atom is 0.264 e. The fraction of sp³-hybridized carbons (Fsp3) is 0.375. The zero-order chi connectivity index (χ0) is 30.9. The summed E-state index contributed by atoms with van der Waals surface area (Å²) in [6, 6.07) is 17.8. The first-order valence-electron chi connectivity index (χ1n) is 14.1. The largest absolute Gasteiger partial charge is 0.497 e. The number of halogens is 1. The Morgan fingerprint density at radius 1 is 0.976 bits per heavy atom. The van der Waals surface area contributed by atoms with Crippen molar-refractivity contribution in [1.29, 1.82) is 0 Å². The lowest BCUT2D eigenvalue weighted by molar-refractivity contribution is -0.140. The molecule has 3 rings (SSSR count). The predicted molar refractivity (Wildman–Crippen MR) is 167 cm³/mol. The Morgan fingerprint density at radius 2 is 1.64 bits per heavy atom. The summed E-state index contributed by atoms with van der Waals surface area (Å²) in [6.07, 6.45) is 2.07. The van der Waals surface area contributed by atoms with Crippen molar-refractivity contribution in [3.8, 4) is 5.75 Å². The Morgan fingerprint density at radius 3 is 2.24 bits per heavy atom. The number of amides is 2. The first-order valence-corrected chi connectivity index (χ1v) is 15.9. The highest BCUT2D eigenvalue weighted by Gasteiger charge is 2.34. The number of carbonyl (C=O) groups excluding carboxylic acids is 2. The first-order chi connectivity index (χ1) is 20.0. The highest BCUT2D eigenvalue weighted by molar-refractivity contribution is 7.92. The molecule has 1 atom stereocenters. The quantitative estimate of drug-likeness (QED) is 0.229. The lowest BCUT2D eigenvalue weighted by atomic mass is 10.1. The Balaban J connectivity index is 2.07. The summed E-state index contributed by atoms with van der Waals surface area (Å²) in [4.78, 5) is 29.0. The Kier molecular flexibility index (Phi) is 11.8. The van der Waals surface area contributed by atoms with Gasteiger partial charge in [-0.1, -0.05) is 67.8 Å². The number of nitrogens with zero attached hydrogens (tertiary/aromatic N) is 2. The summed E-state index contributed by atoms with van der Waals surface area (Å²) in [6.45, 7) is 7.57. The lowest BCUT2D eigenvalue weighted by Crippen LogP contribution is -2.52. The van der Waals surface area contributed by atoms with E-state index >= 15 is 0 Å². The minimum absolute atomic E-state index is 0.0475. The maximum absolute atomic E-state index is 14.2. The molecule has 1 unspecified atom stereocenters. The standard InChI is InChI=1S/C32H40ClN3O5S/c1-6-8-19-34-32(38)29(7-2)35(21-25-12-15-27(41-5)16-13-25)31(37)22-36(30-20-26(33)14-11-24(30)4)42(39,40)28-17-9-23(3)10-18-28/h9-18,20,29H,6-8,19,21-22H2,1-5H3,(H,34,38). The lowest BCUT2D eigenvalue weighted by Gasteiger charge is -2.33. The minimum Gasteiger partial charge on any atom is -0.497 e. The molecule has 0 heterocycles. The maximum atomic E-state index is 14.2. The van der Waals surface area contributed by atoms with E-state index in [0.717, 1.165) is 28.3 Å². The van der Waals surface area contributed by atoms with Gasteiger partial charge in [-0.15, -0.1) is 0 Å². The molecule has 42 heavy (non-hydrogen) atoms. The van der Waals surface area contributed by atoms with Gasteiger partial charge in [-0.25, -0.2) is 8.42 Å². The van der Waals surface area contributed by atoms with Gasteiger partial charge in [0.2, 0.25) is 11.8 Å². The van der Waals surface area contributed by atoms with Crippen molar-refractivity contribution >= 4 is 39.1 Å². The topological polar surface area (TPSA) is 96.0 Å². The van der Waals surface area contributed by atoms with Crippen LogP contribution in [0, 0.1) is 13.8 Å². The molecule has 0 radical (unpaired) electrons. The molecular weight excluding hydrogens is 574 g/mol. The molecular formula is C32H40ClN3O5S. The molecule has 0 aromatic heterocycles. The van der Waals surface area contributed by atoms with Crippen LogP contribution in [-0.2, 0) is 26.2 Å². The molecule has 0 aliphatic heterocycles. The monoisotopic (exact) mass is 613 g/mol. The summed E-state index contributed by atoms with van der Waals surface area (Å²) in [5, 5.41) is 3.27. The van der Waals surface area contributed by atoms with Crippen LogP contribution in [-0.4, -0.2) is 51.4 Å². The normalized spacial score (nSPS) is 12.0. The predicted octanol–water partition coefficient (Wildman–Crippen LogP) is 5.88. The van der Waals surface area contributed by atoms with E-state index in [9.17, 15) is 18.0 Å². The van der Waals surface area contributed by atoms with E-state index in [1.54, 1.807) is 56.5 Å². The molecule has 0 saturated heterocycles. The van der Waals surface area contributed by atoms with Crippen LogP contribution in [0.15, 0.2) is 71.6 Å². The molecule has 2 amide bonds. The van der Waals surface area contributed by atoms with E-state index in [4.69, 9.17) is 16.3 Å². The van der Waals surface area contributed by atoms with Crippen LogP contribution >= 0.6 is 11.6 Å². The molecule has 0 aliphatic rings. The van der Waals surface area contributed by atoms with Gasteiger partial charge in [0, 0.05) is 18.1 Å². The van der Waals surface area contributed by atoms with Crippen LogP contribution in [0.1, 0.15) is 49.8 Å². The van der Waals surface area contributed by atoms with Crippen LogP contribution < -0.4 is 14.4 Å². The highest BCUT2D eigenvalue weighted by Crippen LogP contribution is 2.30. The van der Waals surface area contributed by atoms with Crippen molar-refractivity contribution in [2.24, 2.45) is 0 Å². The van der Waals surface area contributed by atoms with Gasteiger partial charge < -0.3 is 15.0 Å². The van der Waals surface area contributed by atoms with Gasteiger partial charge in [-0.05, 0) is 74.2 Å². The van der Waals surface area contributed by atoms with Crippen LogP contribution in [0.5, 0.6) is 5.75 Å². The van der Waals surface area contributed by atoms with E-state index < -0.39 is 28.5 Å². The SMILES string of the molecule is CCCCNC(=O)C(CC)N(Cc1ccc(OC)cc1)C(=O)CN(c1cc(Cl)ccc1C)S(=O)(=O)c1ccc(C)cc1. The van der Waals surface area contributed by atoms with E-state index in [0.29, 0.717) is 35.0 Å². The van der Waals surface area contributed by atoms with Gasteiger partial charge in [-0.3, -0.25) is 13.9 Å². The summed E-state index contributed by atoms with van der Waals surface area (Å²) < 4.78 is 34.5. The van der Waals surface area contributed by atoms with Crippen molar-refractivity contribution in [2.45, 2.75) is 64.4 Å². The van der Waals surface area contributed by atoms with E-state index in [-0.39, 0.29) is 17.3 Å². The van der Waals surface area contributed by atoms with Gasteiger partial charge in [0.1, 0.15) is 18.3 Å². The fourth-order valence-corrected chi connectivity index (χ4v) is 6.19. The molecule has 1 N–H and O–H groups in total. The third kappa shape index (κ3) is 8.26. The molecule has 0 bridgehead atoms. The van der Waals surface area contributed by atoms with Crippen LogP contribution in [0.25, 0.3) is 0 Å². The second-order valence-corrected chi connectivity index (χ2v) is 12.5. The number of rotatable bonds is 14. The molecule has 8 nitrogen and oxygen atoms in total. The molecule has 0 fully saturated rings. The summed E-state index contributed by atoms with van der Waals surface area (Å²) in [7, 11) is -2.61. The molecule has 0 aliphatic carbocycles. The number of nitrogens with one attached hydrogen (secondary N) is 1. The number of carbonyl (C=O) groups is 2. The van der Waals surface area contributed by atoms with Crippen LogP contribution in [0.3, 0.4) is 0 Å². The zero-order valence-corrected chi connectivity index (χ0v) is 26.5. The smallest absolute Gasteiger partial charge is 0.264 e. The van der Waals surface area contributed by atoms with Gasteiger partial charge in [0.05, 0.1) is 17.7 Å². The number of aryl methyl sites for hydroxylation is 2. The average molecular weight is 614 g/mol. The van der Waals surface area contributed by atoms with Gasteiger partial charge >= 0.3 is 0 Å². The summed E-state index contributed by atoms with van der Waals surface area (Å²) in [5.74, 6) is -0.133. The van der Waals surface area contributed by atoms with E-state index in [2.05, 4.69) is 5.32 Å². The minimum atomic E-state index is -4.18. The van der Waals surface area contributed by atoms with Crippen molar-refractivity contribution in [1.82, 2.24) is 10.2 Å². The summed E-state index contributed by atoms with van der Waals surface area (Å²) >= 11 is 6.30. The van der Waals surface area contributed by atoms with Crippen molar-refractivity contribution < 1.29 is 22.7 Å². The number of anilines is 1. The number of sulfonamides is 1. The third-order valence-electron chi connectivity index (χ3n) is 7.06. The molecule has 3 aromatic rings. The number of benzene rings is 3. The van der Waals surface area contributed by atoms with Gasteiger partial charge in [-0.2, -0.15) is 0 Å². The fourth-order valence-electron chi connectivity index (χ4n) is 4.56. The summed E-state index contributed by atoms with van der Waals surface area (Å²) in [5.41, 5.74) is 2.60. The number of ether oxygens (including phenoxy) is 1. The molecule has 3 aromatic carbocycles. The highest BCUT2D eigenvalue weighted by atomic mass is 35.5. The third-order valence-corrected chi connectivity index (χ3v) is 9.06. The van der Waals surface area contributed by atoms with Gasteiger partial charge in [0.15, 0.2) is 0 Å². The number of hydrogen-bond donors (Lipinski definition) is 1. The average Bonchev–Trinajstić information content (AvgIpc) is 2.97. The second kappa shape index (κ2) is 15.1. The molecule has 0 spiro atoms. The number of methoxy groups -OCH3 is 1. The van der Waals surface area contributed by atoms with Gasteiger partial charge in [0.25, 0.3) is 10.0 Å². The van der Waals surface area contributed by atoms with Crippen molar-refractivity contribution in [3.05, 3.63) is 88.4 Å². The Hall–Kier alpha value is -3.56. The molecule has 10 heteroatoms. The molecule has 226 valence electrons. The number of unbranched alkanes of at least 4 members (excludes halogenated alkanes) is 1. The Bertz CT molecular complexity index is 1460. The first kappa shape index (κ1) is 32.9. The van der Waals surface area contributed by atoms with Crippen LogP contribution in [0.2, 0.25) is 5.02 Å². The van der Waals surface area contributed by atoms with E-state index in [1.807, 2.05) is 32.9 Å². The number of hydrogen-bond acceptors (Lipinski definition) is 5. The van der Waals surface area contributed by atoms with Crippen LogP contribution in [0.4, 0.5) is 5.69 Å². The molecule has 0 saturated carbocycles. The second-order valence-electron chi connectivity index (χ2n) is 10.2. The van der Waals surface area contributed by atoms with Crippen molar-refractivity contribution in [3.63, 3.8) is 0 Å². The zero-order valence-electron chi connectivity index (χ0n) is 24.9. The van der Waals surface area contributed by atoms with E-state index in [1.165, 1.54) is 17.0 Å². The van der Waals surface area contributed by atoms with Crippen molar-refractivity contribution in [2.75, 3.05) is 24.5 Å². The Labute approximate surface area is 254 Å².